The minimum absolute atomic E-state index is 0.0433. The van der Waals surface area contributed by atoms with E-state index in [2.05, 4.69) is 67.8 Å². The summed E-state index contributed by atoms with van der Waals surface area (Å²) in [6, 6.07) is -0.634. The third-order valence-corrected chi connectivity index (χ3v) is 15.3. The molecule has 0 aromatic heterocycles. The predicted octanol–water partition coefficient (Wildman–Crippen LogP) is 21.5. The van der Waals surface area contributed by atoms with Gasteiger partial charge in [-0.25, -0.2) is 0 Å². The minimum atomic E-state index is -0.850. The summed E-state index contributed by atoms with van der Waals surface area (Å²) in [4.78, 5) is 24.6. The van der Waals surface area contributed by atoms with Crippen molar-refractivity contribution in [1.82, 2.24) is 5.32 Å². The molecule has 0 saturated carbocycles. The lowest BCUT2D eigenvalue weighted by Crippen LogP contribution is -2.45. The second-order valence-electron chi connectivity index (χ2n) is 22.8. The zero-order chi connectivity index (χ0) is 55.0. The van der Waals surface area contributed by atoms with E-state index in [4.69, 9.17) is 4.74 Å². The molecule has 0 radical (unpaired) electrons. The van der Waals surface area contributed by atoms with Crippen LogP contribution in [-0.2, 0) is 14.3 Å². The van der Waals surface area contributed by atoms with Crippen LogP contribution in [0.3, 0.4) is 0 Å². The van der Waals surface area contributed by atoms with Gasteiger partial charge in [0.2, 0.25) is 5.91 Å². The first-order valence-corrected chi connectivity index (χ1v) is 33.6. The van der Waals surface area contributed by atoms with Crippen LogP contribution >= 0.6 is 0 Å². The van der Waals surface area contributed by atoms with Crippen molar-refractivity contribution >= 4 is 11.9 Å². The molecular formula is C70H129NO5. The van der Waals surface area contributed by atoms with Gasteiger partial charge in [-0.05, 0) is 83.5 Å². The number of nitrogens with one attached hydrogen (secondary N) is 1. The van der Waals surface area contributed by atoms with E-state index in [9.17, 15) is 19.8 Å². The molecule has 0 saturated heterocycles. The quantitative estimate of drug-likeness (QED) is 0.0320. The first kappa shape index (κ1) is 73.6. The number of esters is 1. The van der Waals surface area contributed by atoms with Gasteiger partial charge in [0.25, 0.3) is 0 Å². The molecule has 6 nitrogen and oxygen atoms in total. The maximum Gasteiger partial charge on any atom is 0.305 e. The Hall–Kier alpha value is -2.44. The van der Waals surface area contributed by atoms with Crippen molar-refractivity contribution in [2.24, 2.45) is 0 Å². The number of ether oxygens (including phenoxy) is 1. The van der Waals surface area contributed by atoms with Crippen molar-refractivity contribution in [3.8, 4) is 0 Å². The highest BCUT2D eigenvalue weighted by molar-refractivity contribution is 5.76. The zero-order valence-corrected chi connectivity index (χ0v) is 50.7. The third kappa shape index (κ3) is 60.8. The monoisotopic (exact) mass is 1060 g/mol. The Morgan fingerprint density at radius 2 is 0.658 bits per heavy atom. The molecule has 0 aliphatic heterocycles. The normalized spacial score (nSPS) is 12.9. The lowest BCUT2D eigenvalue weighted by Gasteiger charge is -2.20. The average Bonchev–Trinajstić information content (AvgIpc) is 3.42. The number of aliphatic hydroxyl groups excluding tert-OH is 2. The van der Waals surface area contributed by atoms with Gasteiger partial charge in [-0.1, -0.05) is 312 Å². The van der Waals surface area contributed by atoms with Gasteiger partial charge in [-0.2, -0.15) is 0 Å². The zero-order valence-electron chi connectivity index (χ0n) is 50.7. The molecule has 0 heterocycles. The largest absolute Gasteiger partial charge is 0.465 e. The SMILES string of the molecule is CCCCCC/C=C\C/C=C\CCCCCCCCCC(=O)OCC/C=C\C/C=C\CCCCCCCCCCCCCCCCC(=O)NC(CO)C(O)/C=C/CCCCCCCCCCCCCCCCCCCC. The fraction of sp³-hybridized carbons (Fsp3) is 0.829. The Bertz CT molecular complexity index is 1320. The van der Waals surface area contributed by atoms with E-state index in [1.165, 1.54) is 263 Å². The van der Waals surface area contributed by atoms with Gasteiger partial charge in [0, 0.05) is 12.8 Å². The van der Waals surface area contributed by atoms with Crippen molar-refractivity contribution in [2.45, 2.75) is 360 Å². The molecule has 0 spiro atoms. The molecule has 0 bridgehead atoms. The van der Waals surface area contributed by atoms with Crippen molar-refractivity contribution in [3.05, 3.63) is 60.8 Å². The summed E-state index contributed by atoms with van der Waals surface area (Å²) in [5, 5.41) is 23.2. The second-order valence-corrected chi connectivity index (χ2v) is 22.8. The molecule has 2 unspecified atom stereocenters. The fourth-order valence-electron chi connectivity index (χ4n) is 10.2. The molecule has 0 aliphatic carbocycles. The Kier molecular flexibility index (Phi) is 63.0. The van der Waals surface area contributed by atoms with Crippen molar-refractivity contribution < 1.29 is 24.5 Å². The van der Waals surface area contributed by atoms with Gasteiger partial charge in [-0.3, -0.25) is 9.59 Å². The standard InChI is InChI=1S/C70H129NO5/c1-3-5-7-9-11-13-15-17-19-21-23-27-30-34-38-42-46-50-54-58-62-68(73)67(66-72)71-69(74)63-59-55-51-47-43-39-35-31-28-25-24-26-29-33-37-41-45-49-53-57-61-65-76-70(75)64-60-56-52-48-44-40-36-32-22-20-18-16-14-12-10-8-6-4-2/h14,16,20,22,41,45,53,57-58,62,67-68,72-73H,3-13,15,17-19,21,23-40,42-44,46-52,54-56,59-61,63-66H2,1-2H3,(H,71,74)/b16-14-,22-20-,45-41-,57-53-,62-58+. The highest BCUT2D eigenvalue weighted by Crippen LogP contribution is 2.17. The van der Waals surface area contributed by atoms with Gasteiger partial charge < -0.3 is 20.3 Å². The van der Waals surface area contributed by atoms with Crippen molar-refractivity contribution in [3.63, 3.8) is 0 Å². The van der Waals surface area contributed by atoms with E-state index in [1.54, 1.807) is 6.08 Å². The van der Waals surface area contributed by atoms with Crippen LogP contribution in [0.25, 0.3) is 0 Å². The number of rotatable bonds is 62. The van der Waals surface area contributed by atoms with E-state index in [-0.39, 0.29) is 18.5 Å². The Morgan fingerprint density at radius 3 is 1.01 bits per heavy atom. The summed E-state index contributed by atoms with van der Waals surface area (Å²) in [5.41, 5.74) is 0. The van der Waals surface area contributed by atoms with Crippen LogP contribution in [0.2, 0.25) is 0 Å². The number of aliphatic hydroxyl groups is 2. The number of hydrogen-bond acceptors (Lipinski definition) is 5. The topological polar surface area (TPSA) is 95.9 Å². The molecule has 6 heteroatoms. The lowest BCUT2D eigenvalue weighted by molar-refractivity contribution is -0.143. The van der Waals surface area contributed by atoms with Crippen LogP contribution in [0.15, 0.2) is 60.8 Å². The van der Waals surface area contributed by atoms with Gasteiger partial charge >= 0.3 is 5.97 Å². The van der Waals surface area contributed by atoms with E-state index in [0.29, 0.717) is 19.4 Å². The van der Waals surface area contributed by atoms with Gasteiger partial charge in [-0.15, -0.1) is 0 Å². The highest BCUT2D eigenvalue weighted by atomic mass is 16.5. The number of unbranched alkanes of at least 4 members (excludes halogenated alkanes) is 43. The van der Waals surface area contributed by atoms with Crippen LogP contribution in [0, 0.1) is 0 Å². The first-order chi connectivity index (χ1) is 37.5. The minimum Gasteiger partial charge on any atom is -0.465 e. The number of carbonyl (C=O) groups excluding carboxylic acids is 2. The maximum absolute atomic E-state index is 12.5. The van der Waals surface area contributed by atoms with Gasteiger partial charge in [0.05, 0.1) is 25.4 Å². The summed E-state index contributed by atoms with van der Waals surface area (Å²) >= 11 is 0. The predicted molar refractivity (Wildman–Crippen MR) is 333 cm³/mol. The van der Waals surface area contributed by atoms with E-state index in [1.807, 2.05) is 6.08 Å². The van der Waals surface area contributed by atoms with Crippen LogP contribution in [-0.4, -0.2) is 47.4 Å². The Morgan fingerprint density at radius 1 is 0.368 bits per heavy atom. The summed E-state index contributed by atoms with van der Waals surface area (Å²) in [6.07, 6.45) is 85.7. The smallest absolute Gasteiger partial charge is 0.305 e. The molecule has 76 heavy (non-hydrogen) atoms. The first-order valence-electron chi connectivity index (χ1n) is 33.6. The number of carbonyl (C=O) groups is 2. The molecule has 0 fully saturated rings. The van der Waals surface area contributed by atoms with Crippen molar-refractivity contribution in [2.75, 3.05) is 13.2 Å². The average molecular weight is 1060 g/mol. The molecule has 0 aromatic rings. The molecular weight excluding hydrogens is 935 g/mol. The molecule has 0 rings (SSSR count). The van der Waals surface area contributed by atoms with E-state index in [0.717, 1.165) is 57.8 Å². The Labute approximate surface area is 473 Å². The van der Waals surface area contributed by atoms with Crippen LogP contribution in [0.4, 0.5) is 0 Å². The summed E-state index contributed by atoms with van der Waals surface area (Å²) in [7, 11) is 0. The van der Waals surface area contributed by atoms with Crippen LogP contribution in [0.5, 0.6) is 0 Å². The molecule has 2 atom stereocenters. The van der Waals surface area contributed by atoms with Gasteiger partial charge in [0.1, 0.15) is 0 Å². The van der Waals surface area contributed by atoms with Crippen molar-refractivity contribution in [1.29, 1.82) is 0 Å². The van der Waals surface area contributed by atoms with E-state index >= 15 is 0 Å². The number of hydrogen-bond donors (Lipinski definition) is 3. The number of amides is 1. The molecule has 3 N–H and O–H groups in total. The second kappa shape index (κ2) is 65.1. The number of allylic oxidation sites excluding steroid dienone is 8. The fourth-order valence-corrected chi connectivity index (χ4v) is 10.2. The third-order valence-electron chi connectivity index (χ3n) is 15.3. The summed E-state index contributed by atoms with van der Waals surface area (Å²) < 4.78 is 5.43. The molecule has 444 valence electrons. The molecule has 0 aliphatic rings. The highest BCUT2D eigenvalue weighted by Gasteiger charge is 2.18. The maximum atomic E-state index is 12.5. The lowest BCUT2D eigenvalue weighted by atomic mass is 10.0. The van der Waals surface area contributed by atoms with Gasteiger partial charge in [0.15, 0.2) is 0 Å². The van der Waals surface area contributed by atoms with Crippen LogP contribution < -0.4 is 5.32 Å². The van der Waals surface area contributed by atoms with Crippen LogP contribution in [0.1, 0.15) is 348 Å². The molecule has 1 amide bonds. The summed E-state index contributed by atoms with van der Waals surface area (Å²) in [6.45, 7) is 4.79. The molecule has 0 aromatic carbocycles. The Balaban J connectivity index is 3.48. The summed E-state index contributed by atoms with van der Waals surface area (Å²) in [5.74, 6) is -0.114. The van der Waals surface area contributed by atoms with E-state index < -0.39 is 12.1 Å².